The van der Waals surface area contributed by atoms with Crippen molar-refractivity contribution in [3.8, 4) is 5.75 Å². The second-order valence-corrected chi connectivity index (χ2v) is 8.73. The normalized spacial score (nSPS) is 15.4. The molecule has 3 heterocycles. The molecule has 0 aliphatic carbocycles. The molecule has 0 spiro atoms. The summed E-state index contributed by atoms with van der Waals surface area (Å²) in [6, 6.07) is 7.43. The van der Waals surface area contributed by atoms with E-state index in [2.05, 4.69) is 32.3 Å². The first-order chi connectivity index (χ1) is 17.3. The van der Waals surface area contributed by atoms with Crippen LogP contribution >= 0.6 is 0 Å². The number of para-hydroxylation sites is 2. The second kappa shape index (κ2) is 10.9. The number of rotatable bonds is 9. The van der Waals surface area contributed by atoms with Gasteiger partial charge in [0, 0.05) is 25.5 Å². The summed E-state index contributed by atoms with van der Waals surface area (Å²) >= 11 is 0. The average Bonchev–Trinajstić information content (AvgIpc) is 3.33. The molecule has 11 heteroatoms. The molecular formula is C25H30N8O3. The Morgan fingerprint density at radius 2 is 2.06 bits per heavy atom. The summed E-state index contributed by atoms with van der Waals surface area (Å²) in [5.41, 5.74) is 7.01. The molecule has 0 radical (unpaired) electrons. The van der Waals surface area contributed by atoms with Crippen molar-refractivity contribution in [3.05, 3.63) is 61.1 Å². The van der Waals surface area contributed by atoms with E-state index in [9.17, 15) is 9.59 Å². The Morgan fingerprint density at radius 3 is 2.81 bits per heavy atom. The van der Waals surface area contributed by atoms with Crippen molar-refractivity contribution < 1.29 is 14.3 Å². The first-order valence-electron chi connectivity index (χ1n) is 11.8. The zero-order valence-electron chi connectivity index (χ0n) is 20.3. The monoisotopic (exact) mass is 490 g/mol. The van der Waals surface area contributed by atoms with Crippen LogP contribution in [0.3, 0.4) is 0 Å². The van der Waals surface area contributed by atoms with Crippen molar-refractivity contribution in [2.45, 2.75) is 38.8 Å². The molecule has 11 nitrogen and oxygen atoms in total. The number of primary amides is 1. The third-order valence-electron chi connectivity index (χ3n) is 5.67. The number of aromatic nitrogens is 4. The molecule has 188 valence electrons. The van der Waals surface area contributed by atoms with E-state index in [-0.39, 0.29) is 35.4 Å². The SMILES string of the molecule is C=CC(=O)N1CCC[C@@H](n2cc(Nc3ncc(C(N)=O)c(Nc4ccccc4OC(C)C)n3)cn2)C1. The standard InChI is InChI=1S/C25H30N8O3/c1-4-22(34)32-11-7-8-18(15-32)33-14-17(12-28-33)29-25-27-13-19(23(26)35)24(31-25)30-20-9-5-6-10-21(20)36-16(2)3/h4-6,9-10,12-14,16,18H,1,7-8,11,15H2,2-3H3,(H2,26,35)(H2,27,29,30,31)/t18-/m1/s1. The van der Waals surface area contributed by atoms with Crippen molar-refractivity contribution in [1.29, 1.82) is 0 Å². The number of hydrogen-bond donors (Lipinski definition) is 3. The van der Waals surface area contributed by atoms with Gasteiger partial charge in [-0.25, -0.2) is 4.98 Å². The molecule has 0 saturated carbocycles. The van der Waals surface area contributed by atoms with Gasteiger partial charge in [0.25, 0.3) is 5.91 Å². The number of nitrogens with two attached hydrogens (primary N) is 1. The van der Waals surface area contributed by atoms with E-state index >= 15 is 0 Å². The van der Waals surface area contributed by atoms with Crippen LogP contribution < -0.4 is 21.1 Å². The van der Waals surface area contributed by atoms with Crippen molar-refractivity contribution in [3.63, 3.8) is 0 Å². The molecule has 2 aromatic heterocycles. The lowest BCUT2D eigenvalue weighted by molar-refractivity contribution is -0.127. The lowest BCUT2D eigenvalue weighted by Gasteiger charge is -2.32. The van der Waals surface area contributed by atoms with Crippen LogP contribution in [-0.4, -0.2) is 55.7 Å². The highest BCUT2D eigenvalue weighted by molar-refractivity contribution is 5.98. The van der Waals surface area contributed by atoms with Gasteiger partial charge in [0.1, 0.15) is 17.1 Å². The molecule has 3 aromatic rings. The molecule has 4 rings (SSSR count). The summed E-state index contributed by atoms with van der Waals surface area (Å²) in [4.78, 5) is 34.5. The fraction of sp³-hybridized carbons (Fsp3) is 0.320. The van der Waals surface area contributed by atoms with E-state index in [0.717, 1.165) is 19.4 Å². The topological polar surface area (TPSA) is 140 Å². The van der Waals surface area contributed by atoms with Gasteiger partial charge in [0.05, 0.1) is 29.7 Å². The van der Waals surface area contributed by atoms with E-state index in [1.807, 2.05) is 49.0 Å². The predicted molar refractivity (Wildman–Crippen MR) is 137 cm³/mol. The fourth-order valence-electron chi connectivity index (χ4n) is 4.00. The number of amides is 2. The van der Waals surface area contributed by atoms with Crippen LogP contribution in [0.2, 0.25) is 0 Å². The molecule has 2 amide bonds. The zero-order chi connectivity index (χ0) is 25.7. The van der Waals surface area contributed by atoms with Crippen molar-refractivity contribution in [1.82, 2.24) is 24.6 Å². The highest BCUT2D eigenvalue weighted by Gasteiger charge is 2.24. The molecule has 1 saturated heterocycles. The Kier molecular flexibility index (Phi) is 7.47. The first-order valence-corrected chi connectivity index (χ1v) is 11.8. The minimum atomic E-state index is -0.657. The Morgan fingerprint density at radius 1 is 1.25 bits per heavy atom. The molecular weight excluding hydrogens is 460 g/mol. The van der Waals surface area contributed by atoms with Gasteiger partial charge in [-0.15, -0.1) is 0 Å². The van der Waals surface area contributed by atoms with E-state index in [1.54, 1.807) is 11.1 Å². The van der Waals surface area contributed by atoms with Crippen LogP contribution in [0.1, 0.15) is 43.1 Å². The number of likely N-dealkylation sites (tertiary alicyclic amines) is 1. The molecule has 0 unspecified atom stereocenters. The average molecular weight is 491 g/mol. The third kappa shape index (κ3) is 5.80. The predicted octanol–water partition coefficient (Wildman–Crippen LogP) is 3.40. The van der Waals surface area contributed by atoms with Gasteiger partial charge >= 0.3 is 0 Å². The third-order valence-corrected chi connectivity index (χ3v) is 5.67. The van der Waals surface area contributed by atoms with Gasteiger partial charge in [-0.1, -0.05) is 18.7 Å². The zero-order valence-corrected chi connectivity index (χ0v) is 20.3. The summed E-state index contributed by atoms with van der Waals surface area (Å²) in [7, 11) is 0. The number of carbonyl (C=O) groups excluding carboxylic acids is 2. The number of nitrogens with one attached hydrogen (secondary N) is 2. The van der Waals surface area contributed by atoms with Crippen molar-refractivity contribution >= 4 is 35.0 Å². The number of nitrogens with zero attached hydrogens (tertiary/aromatic N) is 5. The summed E-state index contributed by atoms with van der Waals surface area (Å²) in [6.07, 6.45) is 7.99. The molecule has 1 aliphatic heterocycles. The number of anilines is 4. The Bertz CT molecular complexity index is 1260. The van der Waals surface area contributed by atoms with Crippen molar-refractivity contribution in [2.24, 2.45) is 5.73 Å². The fourth-order valence-corrected chi connectivity index (χ4v) is 4.00. The van der Waals surface area contributed by atoms with Gasteiger partial charge < -0.3 is 26.0 Å². The van der Waals surface area contributed by atoms with E-state index in [0.29, 0.717) is 23.7 Å². The Labute approximate surface area is 209 Å². The van der Waals surface area contributed by atoms with E-state index in [4.69, 9.17) is 10.5 Å². The number of carbonyl (C=O) groups is 2. The molecule has 36 heavy (non-hydrogen) atoms. The summed E-state index contributed by atoms with van der Waals surface area (Å²) in [5, 5.41) is 10.7. The molecule has 1 aliphatic rings. The van der Waals surface area contributed by atoms with Gasteiger partial charge in [-0.2, -0.15) is 10.1 Å². The van der Waals surface area contributed by atoms with Gasteiger partial charge in [-0.3, -0.25) is 14.3 Å². The highest BCUT2D eigenvalue weighted by Crippen LogP contribution is 2.30. The first kappa shape index (κ1) is 24.7. The van der Waals surface area contributed by atoms with E-state index < -0.39 is 5.91 Å². The quantitative estimate of drug-likeness (QED) is 0.388. The van der Waals surface area contributed by atoms with Crippen LogP contribution in [0, 0.1) is 0 Å². The molecule has 1 aromatic carbocycles. The van der Waals surface area contributed by atoms with Crippen LogP contribution in [0.4, 0.5) is 23.1 Å². The number of hydrogen-bond acceptors (Lipinski definition) is 8. The van der Waals surface area contributed by atoms with Crippen molar-refractivity contribution in [2.75, 3.05) is 23.7 Å². The smallest absolute Gasteiger partial charge is 0.254 e. The van der Waals surface area contributed by atoms with Crippen LogP contribution in [0.5, 0.6) is 5.75 Å². The highest BCUT2D eigenvalue weighted by atomic mass is 16.5. The summed E-state index contributed by atoms with van der Waals surface area (Å²) in [5.74, 6) is 0.395. The number of ether oxygens (including phenoxy) is 1. The summed E-state index contributed by atoms with van der Waals surface area (Å²) < 4.78 is 7.69. The number of benzene rings is 1. The van der Waals surface area contributed by atoms with Gasteiger partial charge in [0.15, 0.2) is 0 Å². The van der Waals surface area contributed by atoms with Crippen LogP contribution in [0.15, 0.2) is 55.5 Å². The van der Waals surface area contributed by atoms with Crippen LogP contribution in [-0.2, 0) is 4.79 Å². The Hall–Kier alpha value is -4.41. The molecule has 0 bridgehead atoms. The largest absolute Gasteiger partial charge is 0.489 e. The van der Waals surface area contributed by atoms with E-state index in [1.165, 1.54) is 12.3 Å². The van der Waals surface area contributed by atoms with Gasteiger partial charge in [0.2, 0.25) is 11.9 Å². The maximum Gasteiger partial charge on any atom is 0.254 e. The molecule has 1 atom stereocenters. The second-order valence-electron chi connectivity index (χ2n) is 8.73. The minimum absolute atomic E-state index is 0.0335. The molecule has 1 fully saturated rings. The van der Waals surface area contributed by atoms with Crippen LogP contribution in [0.25, 0.3) is 0 Å². The lowest BCUT2D eigenvalue weighted by atomic mass is 10.1. The summed E-state index contributed by atoms with van der Waals surface area (Å²) in [6.45, 7) is 8.72. The molecule has 4 N–H and O–H groups in total. The van der Waals surface area contributed by atoms with Gasteiger partial charge in [-0.05, 0) is 44.9 Å². The minimum Gasteiger partial charge on any atom is -0.489 e. The maximum atomic E-state index is 12.0. The Balaban J connectivity index is 1.53. The number of piperidine rings is 1. The maximum absolute atomic E-state index is 12.0. The lowest BCUT2D eigenvalue weighted by Crippen LogP contribution is -2.39.